The molecule has 2 rings (SSSR count). The molecule has 1 saturated carbocycles. The summed E-state index contributed by atoms with van der Waals surface area (Å²) in [7, 11) is 0. The first-order valence-electron chi connectivity index (χ1n) is 5.28. The molecule has 0 aromatic carbocycles. The summed E-state index contributed by atoms with van der Waals surface area (Å²) in [5, 5.41) is 21.3. The Hall–Kier alpha value is -1.62. The van der Waals surface area contributed by atoms with Crippen molar-refractivity contribution in [3.05, 3.63) is 23.9 Å². The van der Waals surface area contributed by atoms with Crippen molar-refractivity contribution >= 4 is 11.8 Å². The van der Waals surface area contributed by atoms with E-state index in [9.17, 15) is 9.90 Å². The fourth-order valence-corrected chi connectivity index (χ4v) is 1.52. The summed E-state index contributed by atoms with van der Waals surface area (Å²) in [6.45, 7) is 0.417. The van der Waals surface area contributed by atoms with Crippen molar-refractivity contribution in [3.8, 4) is 0 Å². The molecule has 1 unspecified atom stereocenters. The van der Waals surface area contributed by atoms with Crippen molar-refractivity contribution in [1.82, 2.24) is 4.98 Å². The molecule has 5 nitrogen and oxygen atoms in total. The van der Waals surface area contributed by atoms with Gasteiger partial charge in [-0.15, -0.1) is 0 Å². The first kappa shape index (κ1) is 10.9. The molecule has 1 aliphatic carbocycles. The third-order valence-corrected chi connectivity index (χ3v) is 2.67. The Morgan fingerprint density at radius 2 is 2.38 bits per heavy atom. The molecule has 1 atom stereocenters. The number of aromatic nitrogens is 1. The number of carboxylic acids is 1. The molecule has 16 heavy (non-hydrogen) atoms. The Morgan fingerprint density at radius 3 is 3.00 bits per heavy atom. The Kier molecular flexibility index (Phi) is 3.05. The van der Waals surface area contributed by atoms with Gasteiger partial charge < -0.3 is 15.5 Å². The van der Waals surface area contributed by atoms with Crippen molar-refractivity contribution in [2.24, 2.45) is 5.92 Å². The summed E-state index contributed by atoms with van der Waals surface area (Å²) < 4.78 is 0. The standard InChI is InChI=1S/C11H14N2O3/c14-9(7-1-2-7)6-13-10-5-8(11(15)16)3-4-12-10/h3-5,7,9,14H,1-2,6H2,(H,12,13)(H,15,16). The number of nitrogens with one attached hydrogen (secondary N) is 1. The van der Waals surface area contributed by atoms with E-state index in [2.05, 4.69) is 10.3 Å². The summed E-state index contributed by atoms with van der Waals surface area (Å²) >= 11 is 0. The number of rotatable bonds is 5. The van der Waals surface area contributed by atoms with Crippen LogP contribution >= 0.6 is 0 Å². The minimum Gasteiger partial charge on any atom is -0.478 e. The molecular weight excluding hydrogens is 208 g/mol. The monoisotopic (exact) mass is 222 g/mol. The molecule has 0 aliphatic heterocycles. The average Bonchev–Trinajstić information content (AvgIpc) is 3.10. The number of hydrogen-bond donors (Lipinski definition) is 3. The number of carboxylic acid groups (broad SMARTS) is 1. The highest BCUT2D eigenvalue weighted by Crippen LogP contribution is 2.32. The number of nitrogens with zero attached hydrogens (tertiary/aromatic N) is 1. The van der Waals surface area contributed by atoms with Crippen LogP contribution in [-0.4, -0.2) is 33.8 Å². The number of anilines is 1. The predicted octanol–water partition coefficient (Wildman–Crippen LogP) is 0.963. The average molecular weight is 222 g/mol. The molecule has 1 aliphatic rings. The van der Waals surface area contributed by atoms with E-state index in [-0.39, 0.29) is 11.7 Å². The fraction of sp³-hybridized carbons (Fsp3) is 0.455. The van der Waals surface area contributed by atoms with Gasteiger partial charge in [-0.1, -0.05) is 0 Å². The second-order valence-corrected chi connectivity index (χ2v) is 4.02. The normalized spacial score (nSPS) is 16.8. The van der Waals surface area contributed by atoms with Gasteiger partial charge in [0, 0.05) is 12.7 Å². The van der Waals surface area contributed by atoms with Gasteiger partial charge >= 0.3 is 5.97 Å². The van der Waals surface area contributed by atoms with Crippen LogP contribution in [0, 0.1) is 5.92 Å². The van der Waals surface area contributed by atoms with Crippen molar-refractivity contribution < 1.29 is 15.0 Å². The Morgan fingerprint density at radius 1 is 1.62 bits per heavy atom. The first-order valence-corrected chi connectivity index (χ1v) is 5.28. The Labute approximate surface area is 93.1 Å². The van der Waals surface area contributed by atoms with Crippen LogP contribution in [0.1, 0.15) is 23.2 Å². The zero-order valence-corrected chi connectivity index (χ0v) is 8.76. The fourth-order valence-electron chi connectivity index (χ4n) is 1.52. The highest BCUT2D eigenvalue weighted by Gasteiger charge is 2.29. The summed E-state index contributed by atoms with van der Waals surface area (Å²) in [5.41, 5.74) is 0.193. The number of hydrogen-bond acceptors (Lipinski definition) is 4. The van der Waals surface area contributed by atoms with Gasteiger partial charge in [-0.2, -0.15) is 0 Å². The summed E-state index contributed by atoms with van der Waals surface area (Å²) in [4.78, 5) is 14.7. The van der Waals surface area contributed by atoms with Gasteiger partial charge in [0.2, 0.25) is 0 Å². The molecule has 0 spiro atoms. The molecule has 0 saturated heterocycles. The zero-order valence-electron chi connectivity index (χ0n) is 8.76. The maximum absolute atomic E-state index is 10.7. The van der Waals surface area contributed by atoms with E-state index >= 15 is 0 Å². The lowest BCUT2D eigenvalue weighted by Gasteiger charge is -2.11. The highest BCUT2D eigenvalue weighted by atomic mass is 16.4. The molecule has 3 N–H and O–H groups in total. The predicted molar refractivity (Wildman–Crippen MR) is 58.4 cm³/mol. The van der Waals surface area contributed by atoms with Gasteiger partial charge in [0.25, 0.3) is 0 Å². The topological polar surface area (TPSA) is 82.5 Å². The molecule has 1 aromatic rings. The maximum Gasteiger partial charge on any atom is 0.335 e. The number of aromatic carboxylic acids is 1. The number of pyridine rings is 1. The SMILES string of the molecule is O=C(O)c1ccnc(NCC(O)C2CC2)c1. The quantitative estimate of drug-likeness (QED) is 0.691. The van der Waals surface area contributed by atoms with Crippen LogP contribution < -0.4 is 5.32 Å². The maximum atomic E-state index is 10.7. The van der Waals surface area contributed by atoms with E-state index in [0.29, 0.717) is 18.3 Å². The van der Waals surface area contributed by atoms with Crippen molar-refractivity contribution in [2.75, 3.05) is 11.9 Å². The largest absolute Gasteiger partial charge is 0.478 e. The second-order valence-electron chi connectivity index (χ2n) is 4.02. The van der Waals surface area contributed by atoms with E-state index < -0.39 is 5.97 Å². The zero-order chi connectivity index (χ0) is 11.5. The molecule has 1 fully saturated rings. The molecule has 86 valence electrons. The van der Waals surface area contributed by atoms with Gasteiger partial charge in [-0.05, 0) is 30.9 Å². The minimum atomic E-state index is -0.979. The lowest BCUT2D eigenvalue weighted by Crippen LogP contribution is -2.21. The highest BCUT2D eigenvalue weighted by molar-refractivity contribution is 5.88. The smallest absolute Gasteiger partial charge is 0.335 e. The van der Waals surface area contributed by atoms with Gasteiger partial charge in [0.05, 0.1) is 11.7 Å². The van der Waals surface area contributed by atoms with Crippen LogP contribution in [0.15, 0.2) is 18.3 Å². The third kappa shape index (κ3) is 2.70. The van der Waals surface area contributed by atoms with E-state index in [1.54, 1.807) is 0 Å². The minimum absolute atomic E-state index is 0.193. The molecule has 1 aromatic heterocycles. The molecular formula is C11H14N2O3. The van der Waals surface area contributed by atoms with Crippen LogP contribution in [0.5, 0.6) is 0 Å². The number of aliphatic hydroxyl groups excluding tert-OH is 1. The Bertz CT molecular complexity index is 391. The van der Waals surface area contributed by atoms with Crippen molar-refractivity contribution in [2.45, 2.75) is 18.9 Å². The van der Waals surface area contributed by atoms with E-state index in [4.69, 9.17) is 5.11 Å². The van der Waals surface area contributed by atoms with Gasteiger partial charge in [-0.25, -0.2) is 9.78 Å². The Balaban J connectivity index is 1.92. The second kappa shape index (κ2) is 4.49. The number of aliphatic hydroxyl groups is 1. The molecule has 0 amide bonds. The summed E-state index contributed by atoms with van der Waals surface area (Å²) in [6.07, 6.45) is 3.22. The van der Waals surface area contributed by atoms with E-state index in [1.807, 2.05) is 0 Å². The number of carbonyl (C=O) groups is 1. The van der Waals surface area contributed by atoms with Crippen LogP contribution in [0.25, 0.3) is 0 Å². The van der Waals surface area contributed by atoms with Crippen LogP contribution in [-0.2, 0) is 0 Å². The first-order chi connectivity index (χ1) is 7.66. The summed E-state index contributed by atoms with van der Waals surface area (Å²) in [6, 6.07) is 2.90. The molecule has 0 bridgehead atoms. The molecule has 0 radical (unpaired) electrons. The van der Waals surface area contributed by atoms with Crippen molar-refractivity contribution in [1.29, 1.82) is 0 Å². The lowest BCUT2D eigenvalue weighted by atomic mass is 10.2. The molecule has 1 heterocycles. The van der Waals surface area contributed by atoms with Gasteiger partial charge in [0.15, 0.2) is 0 Å². The van der Waals surface area contributed by atoms with Gasteiger partial charge in [-0.3, -0.25) is 0 Å². The van der Waals surface area contributed by atoms with E-state index in [1.165, 1.54) is 18.3 Å². The van der Waals surface area contributed by atoms with Crippen molar-refractivity contribution in [3.63, 3.8) is 0 Å². The molecule has 5 heteroatoms. The lowest BCUT2D eigenvalue weighted by molar-refractivity contribution is 0.0697. The third-order valence-electron chi connectivity index (χ3n) is 2.67. The summed E-state index contributed by atoms with van der Waals surface area (Å²) in [5.74, 6) is -0.0945. The van der Waals surface area contributed by atoms with Gasteiger partial charge in [0.1, 0.15) is 5.82 Å². The van der Waals surface area contributed by atoms with Crippen LogP contribution in [0.2, 0.25) is 0 Å². The van der Waals surface area contributed by atoms with Crippen LogP contribution in [0.3, 0.4) is 0 Å². The van der Waals surface area contributed by atoms with Crippen LogP contribution in [0.4, 0.5) is 5.82 Å². The van der Waals surface area contributed by atoms with E-state index in [0.717, 1.165) is 12.8 Å².